The predicted molar refractivity (Wildman–Crippen MR) is 239 cm³/mol. The number of hydrogen-bond acceptors (Lipinski definition) is 8. The Morgan fingerprint density at radius 1 is 0.161 bits per heavy atom. The second-order valence-electron chi connectivity index (χ2n) is 13.6. The molecule has 8 heteroatoms. The lowest BCUT2D eigenvalue weighted by Gasteiger charge is -2.20. The summed E-state index contributed by atoms with van der Waals surface area (Å²) < 4.78 is 52.3. The van der Waals surface area contributed by atoms with Crippen molar-refractivity contribution in [3.05, 3.63) is 231 Å². The third-order valence-corrected chi connectivity index (χ3v) is 9.14. The Kier molecular flexibility index (Phi) is 11.9. The highest BCUT2D eigenvalue weighted by molar-refractivity contribution is 5.65. The van der Waals surface area contributed by atoms with E-state index in [1.165, 1.54) is 0 Å². The lowest BCUT2D eigenvalue weighted by Crippen LogP contribution is -1.98. The smallest absolute Gasteiger partial charge is 0.216 e. The van der Waals surface area contributed by atoms with Crippen LogP contribution in [-0.2, 0) is 0 Å². The minimum absolute atomic E-state index is 0.301. The first kappa shape index (κ1) is 38.9. The fourth-order valence-electron chi connectivity index (χ4n) is 6.27. The molecule has 0 spiro atoms. The van der Waals surface area contributed by atoms with Crippen LogP contribution in [0.4, 0.5) is 0 Å². The van der Waals surface area contributed by atoms with E-state index in [-0.39, 0.29) is 0 Å². The Bertz CT molecular complexity index is 2630. The summed E-state index contributed by atoms with van der Waals surface area (Å²) >= 11 is 0. The van der Waals surface area contributed by atoms with Crippen molar-refractivity contribution in [3.8, 4) is 92.0 Å². The van der Waals surface area contributed by atoms with Crippen LogP contribution in [0, 0.1) is 0 Å². The number of ether oxygens (including phenoxy) is 8. The van der Waals surface area contributed by atoms with E-state index in [2.05, 4.69) is 0 Å². The van der Waals surface area contributed by atoms with Crippen molar-refractivity contribution < 1.29 is 37.9 Å². The van der Waals surface area contributed by atoms with Crippen LogP contribution in [0.2, 0.25) is 0 Å². The largest absolute Gasteiger partial charge is 0.453 e. The standard InChI is InChI=1S/C54H38O8/c1-7-20-39(21-8-1)55-47-34-36-49(53(61-43-28-15-5-16-29-43)51(47)59-41-24-11-3-12-25-41)57-45-32-19-33-46(38-45)58-50-37-35-48(56-40-22-9-2-10-23-40)52(60-42-26-13-4-14-27-42)54(50)62-44-30-17-6-18-31-44/h1-38H. The van der Waals surface area contributed by atoms with Gasteiger partial charge in [0, 0.05) is 6.07 Å². The molecular weight excluding hydrogens is 777 g/mol. The molecule has 0 N–H and O–H groups in total. The monoisotopic (exact) mass is 814 g/mol. The summed E-state index contributed by atoms with van der Waals surface area (Å²) in [4.78, 5) is 0. The highest BCUT2D eigenvalue weighted by Gasteiger charge is 2.24. The molecule has 0 aliphatic heterocycles. The molecule has 9 aromatic carbocycles. The second-order valence-corrected chi connectivity index (χ2v) is 13.6. The molecule has 302 valence electrons. The maximum absolute atomic E-state index is 6.64. The summed E-state index contributed by atoms with van der Waals surface area (Å²) in [7, 11) is 0. The van der Waals surface area contributed by atoms with Gasteiger partial charge in [-0.25, -0.2) is 0 Å². The third-order valence-electron chi connectivity index (χ3n) is 9.14. The molecule has 0 amide bonds. The van der Waals surface area contributed by atoms with Gasteiger partial charge in [-0.1, -0.05) is 115 Å². The highest BCUT2D eigenvalue weighted by atomic mass is 16.6. The van der Waals surface area contributed by atoms with Crippen LogP contribution in [0.5, 0.6) is 92.0 Å². The van der Waals surface area contributed by atoms with E-state index < -0.39 is 0 Å². The van der Waals surface area contributed by atoms with Crippen molar-refractivity contribution in [2.75, 3.05) is 0 Å². The molecule has 8 nitrogen and oxygen atoms in total. The van der Waals surface area contributed by atoms with Crippen molar-refractivity contribution in [2.24, 2.45) is 0 Å². The number of rotatable bonds is 16. The fraction of sp³-hybridized carbons (Fsp3) is 0. The van der Waals surface area contributed by atoms with Crippen molar-refractivity contribution in [3.63, 3.8) is 0 Å². The molecule has 0 saturated heterocycles. The second kappa shape index (κ2) is 19.0. The number of para-hydroxylation sites is 6. The average Bonchev–Trinajstić information content (AvgIpc) is 3.32. The van der Waals surface area contributed by atoms with Crippen LogP contribution >= 0.6 is 0 Å². The van der Waals surface area contributed by atoms with Gasteiger partial charge in [-0.3, -0.25) is 0 Å². The molecule has 0 aliphatic carbocycles. The lowest BCUT2D eigenvalue weighted by molar-refractivity contribution is 0.362. The zero-order valence-electron chi connectivity index (χ0n) is 33.2. The molecule has 62 heavy (non-hydrogen) atoms. The van der Waals surface area contributed by atoms with Gasteiger partial charge in [-0.15, -0.1) is 0 Å². The van der Waals surface area contributed by atoms with Crippen LogP contribution in [0.15, 0.2) is 231 Å². The van der Waals surface area contributed by atoms with Gasteiger partial charge >= 0.3 is 0 Å². The molecule has 0 aliphatic rings. The van der Waals surface area contributed by atoms with Gasteiger partial charge in [0.2, 0.25) is 23.0 Å². The molecule has 0 atom stereocenters. The topological polar surface area (TPSA) is 73.8 Å². The van der Waals surface area contributed by atoms with Gasteiger partial charge in [-0.2, -0.15) is 0 Å². The van der Waals surface area contributed by atoms with Gasteiger partial charge in [0.15, 0.2) is 23.0 Å². The zero-order chi connectivity index (χ0) is 41.8. The predicted octanol–water partition coefficient (Wildman–Crippen LogP) is 16.0. The molecule has 0 saturated carbocycles. The Hall–Kier alpha value is -8.62. The molecule has 0 aromatic heterocycles. The minimum Gasteiger partial charge on any atom is -0.453 e. The van der Waals surface area contributed by atoms with E-state index in [1.807, 2.05) is 200 Å². The summed E-state index contributed by atoms with van der Waals surface area (Å²) in [5.41, 5.74) is 0. The van der Waals surface area contributed by atoms with E-state index in [9.17, 15) is 0 Å². The summed E-state index contributed by atoms with van der Waals surface area (Å²) in [5.74, 6) is 7.31. The first-order chi connectivity index (χ1) is 30.7. The Morgan fingerprint density at radius 2 is 0.355 bits per heavy atom. The zero-order valence-corrected chi connectivity index (χ0v) is 33.2. The summed E-state index contributed by atoms with van der Waals surface area (Å²) in [6.45, 7) is 0. The highest BCUT2D eigenvalue weighted by Crippen LogP contribution is 2.52. The van der Waals surface area contributed by atoms with Crippen molar-refractivity contribution in [2.45, 2.75) is 0 Å². The van der Waals surface area contributed by atoms with Crippen molar-refractivity contribution in [1.29, 1.82) is 0 Å². The first-order valence-corrected chi connectivity index (χ1v) is 19.9. The molecule has 9 rings (SSSR count). The molecule has 0 heterocycles. The summed E-state index contributed by atoms with van der Waals surface area (Å²) in [6.07, 6.45) is 0. The maximum Gasteiger partial charge on any atom is 0.216 e. The van der Waals surface area contributed by atoms with E-state index in [0.29, 0.717) is 92.0 Å². The molecule has 0 radical (unpaired) electrons. The molecule has 9 aromatic rings. The summed E-state index contributed by atoms with van der Waals surface area (Å²) in [6, 6.07) is 71.1. The van der Waals surface area contributed by atoms with Crippen molar-refractivity contribution in [1.82, 2.24) is 0 Å². The van der Waals surface area contributed by atoms with E-state index in [0.717, 1.165) is 0 Å². The van der Waals surface area contributed by atoms with E-state index in [4.69, 9.17) is 37.9 Å². The molecule has 0 unspecified atom stereocenters. The Balaban J connectivity index is 1.10. The Morgan fingerprint density at radius 3 is 0.597 bits per heavy atom. The van der Waals surface area contributed by atoms with Gasteiger partial charge in [0.05, 0.1) is 0 Å². The quantitative estimate of drug-likeness (QED) is 0.0955. The Labute approximate surface area is 359 Å². The van der Waals surface area contributed by atoms with Gasteiger partial charge < -0.3 is 37.9 Å². The molecule has 0 fully saturated rings. The summed E-state index contributed by atoms with van der Waals surface area (Å²) in [5, 5.41) is 0. The normalized spacial score (nSPS) is 10.6. The van der Waals surface area contributed by atoms with Crippen LogP contribution in [0.1, 0.15) is 0 Å². The van der Waals surface area contributed by atoms with E-state index >= 15 is 0 Å². The van der Waals surface area contributed by atoms with E-state index in [1.54, 1.807) is 30.3 Å². The molecule has 0 bridgehead atoms. The van der Waals surface area contributed by atoms with Gasteiger partial charge in [-0.05, 0) is 109 Å². The fourth-order valence-corrected chi connectivity index (χ4v) is 6.27. The molecular formula is C54H38O8. The van der Waals surface area contributed by atoms with Crippen LogP contribution < -0.4 is 37.9 Å². The third kappa shape index (κ3) is 9.80. The van der Waals surface area contributed by atoms with Crippen LogP contribution in [-0.4, -0.2) is 0 Å². The number of benzene rings is 9. The lowest BCUT2D eigenvalue weighted by atomic mass is 10.2. The van der Waals surface area contributed by atoms with Crippen molar-refractivity contribution >= 4 is 0 Å². The van der Waals surface area contributed by atoms with Gasteiger partial charge in [0.25, 0.3) is 0 Å². The SMILES string of the molecule is c1ccc(Oc2ccc(Oc3cccc(Oc4ccc(Oc5ccccc5)c(Oc5ccccc5)c4Oc4ccccc4)c3)c(Oc3ccccc3)c2Oc2ccccc2)cc1. The van der Waals surface area contributed by atoms with Gasteiger partial charge in [0.1, 0.15) is 46.0 Å². The average molecular weight is 815 g/mol. The van der Waals surface area contributed by atoms with Crippen LogP contribution in [0.25, 0.3) is 0 Å². The maximum atomic E-state index is 6.64. The first-order valence-electron chi connectivity index (χ1n) is 19.9. The number of hydrogen-bond donors (Lipinski definition) is 0. The minimum atomic E-state index is 0.301. The van der Waals surface area contributed by atoms with Crippen LogP contribution in [0.3, 0.4) is 0 Å².